The van der Waals surface area contributed by atoms with Crippen LogP contribution < -0.4 is 4.90 Å². The third kappa shape index (κ3) is 3.43. The van der Waals surface area contributed by atoms with Crippen molar-refractivity contribution in [1.82, 2.24) is 0 Å². The highest BCUT2D eigenvalue weighted by Gasteiger charge is 2.38. The van der Waals surface area contributed by atoms with Crippen LogP contribution in [0.15, 0.2) is 66.7 Å². The van der Waals surface area contributed by atoms with E-state index in [9.17, 15) is 14.4 Å². The highest BCUT2D eigenvalue weighted by Crippen LogP contribution is 2.33. The second-order valence-electron chi connectivity index (χ2n) is 6.54. The van der Waals surface area contributed by atoms with Crippen LogP contribution in [0.3, 0.4) is 0 Å². The van der Waals surface area contributed by atoms with Gasteiger partial charge in [0.2, 0.25) is 0 Å². The van der Waals surface area contributed by atoms with Crippen molar-refractivity contribution in [3.8, 4) is 6.07 Å². The topological polar surface area (TPSA) is 87.5 Å². The summed E-state index contributed by atoms with van der Waals surface area (Å²) >= 11 is 6.14. The van der Waals surface area contributed by atoms with Crippen LogP contribution in [0.5, 0.6) is 0 Å². The van der Waals surface area contributed by atoms with E-state index in [2.05, 4.69) is 0 Å². The maximum absolute atomic E-state index is 12.8. The molecule has 146 valence electrons. The SMILES string of the molecule is N#Cc1ccc(COC(=O)c2ccc3c(c2)C(=O)N(c2ccccc2Cl)C3=O)cc1. The smallest absolute Gasteiger partial charge is 0.338 e. The molecule has 0 atom stereocenters. The summed E-state index contributed by atoms with van der Waals surface area (Å²) in [6.45, 7) is 0.0141. The van der Waals surface area contributed by atoms with Gasteiger partial charge in [-0.1, -0.05) is 35.9 Å². The molecule has 0 saturated carbocycles. The summed E-state index contributed by atoms with van der Waals surface area (Å²) in [5.41, 5.74) is 1.99. The number of carbonyl (C=O) groups excluding carboxylic acids is 3. The van der Waals surface area contributed by atoms with E-state index in [0.717, 1.165) is 10.5 Å². The lowest BCUT2D eigenvalue weighted by Crippen LogP contribution is -2.29. The Balaban J connectivity index is 1.54. The molecule has 0 spiro atoms. The van der Waals surface area contributed by atoms with E-state index in [4.69, 9.17) is 21.6 Å². The number of anilines is 1. The molecule has 0 aromatic heterocycles. The van der Waals surface area contributed by atoms with E-state index in [1.807, 2.05) is 6.07 Å². The number of fused-ring (bicyclic) bond motifs is 1. The monoisotopic (exact) mass is 416 g/mol. The average Bonchev–Trinajstić information content (AvgIpc) is 3.02. The molecule has 0 bridgehead atoms. The predicted molar refractivity (Wildman–Crippen MR) is 109 cm³/mol. The standard InChI is InChI=1S/C23H13ClN2O4/c24-19-3-1-2-4-20(19)26-21(27)17-10-9-16(11-18(17)22(26)28)23(29)30-13-15-7-5-14(12-25)6-8-15/h1-11H,13H2. The number of nitrogens with zero attached hydrogens (tertiary/aromatic N) is 2. The molecule has 1 aliphatic rings. The molecule has 0 radical (unpaired) electrons. The summed E-state index contributed by atoms with van der Waals surface area (Å²) in [6.07, 6.45) is 0. The fourth-order valence-corrected chi connectivity index (χ4v) is 3.35. The number of benzene rings is 3. The molecule has 30 heavy (non-hydrogen) atoms. The summed E-state index contributed by atoms with van der Waals surface area (Å²) in [4.78, 5) is 39.0. The Labute approximate surface area is 176 Å². The summed E-state index contributed by atoms with van der Waals surface area (Å²) in [6, 6.07) is 19.4. The van der Waals surface area contributed by atoms with Crippen LogP contribution in [0, 0.1) is 11.3 Å². The van der Waals surface area contributed by atoms with Crippen molar-refractivity contribution in [3.63, 3.8) is 0 Å². The van der Waals surface area contributed by atoms with Crippen molar-refractivity contribution in [2.45, 2.75) is 6.61 Å². The van der Waals surface area contributed by atoms with Gasteiger partial charge in [0.15, 0.2) is 0 Å². The first-order valence-electron chi connectivity index (χ1n) is 8.93. The normalized spacial score (nSPS) is 12.5. The zero-order valence-corrected chi connectivity index (χ0v) is 16.2. The Bertz CT molecular complexity index is 1230. The van der Waals surface area contributed by atoms with Gasteiger partial charge < -0.3 is 4.74 Å². The highest BCUT2D eigenvalue weighted by atomic mass is 35.5. The van der Waals surface area contributed by atoms with E-state index in [1.54, 1.807) is 48.5 Å². The van der Waals surface area contributed by atoms with Gasteiger partial charge in [-0.2, -0.15) is 5.26 Å². The molecule has 6 nitrogen and oxygen atoms in total. The number of carbonyl (C=O) groups is 3. The van der Waals surface area contributed by atoms with Gasteiger partial charge in [0.05, 0.1) is 39.0 Å². The van der Waals surface area contributed by atoms with Gasteiger partial charge in [-0.3, -0.25) is 9.59 Å². The number of ether oxygens (including phenoxy) is 1. The van der Waals surface area contributed by atoms with Crippen LogP contribution in [0.2, 0.25) is 5.02 Å². The third-order valence-corrected chi connectivity index (χ3v) is 4.99. The van der Waals surface area contributed by atoms with Gasteiger partial charge in [0.1, 0.15) is 6.61 Å². The largest absolute Gasteiger partial charge is 0.457 e. The molecule has 3 aromatic carbocycles. The quantitative estimate of drug-likeness (QED) is 0.465. The molecule has 0 saturated heterocycles. The summed E-state index contributed by atoms with van der Waals surface area (Å²) in [7, 11) is 0. The van der Waals surface area contributed by atoms with Crippen LogP contribution in [0.1, 0.15) is 42.2 Å². The molecule has 1 aliphatic heterocycles. The number of rotatable bonds is 4. The predicted octanol–water partition coefficient (Wildman–Crippen LogP) is 4.37. The minimum atomic E-state index is -0.626. The first-order chi connectivity index (χ1) is 14.5. The van der Waals surface area contributed by atoms with Gasteiger partial charge >= 0.3 is 5.97 Å². The van der Waals surface area contributed by atoms with Gasteiger partial charge in [-0.15, -0.1) is 0 Å². The Hall–Kier alpha value is -3.95. The summed E-state index contributed by atoms with van der Waals surface area (Å²) in [5, 5.41) is 9.09. The van der Waals surface area contributed by atoms with Crippen molar-refractivity contribution < 1.29 is 19.1 Å². The number of hydrogen-bond donors (Lipinski definition) is 0. The molecule has 0 N–H and O–H groups in total. The molecule has 3 aromatic rings. The van der Waals surface area contributed by atoms with E-state index in [-0.39, 0.29) is 34.0 Å². The van der Waals surface area contributed by atoms with Crippen LogP contribution in [0.25, 0.3) is 0 Å². The van der Waals surface area contributed by atoms with E-state index >= 15 is 0 Å². The van der Waals surface area contributed by atoms with Crippen LogP contribution in [-0.4, -0.2) is 17.8 Å². The van der Waals surface area contributed by atoms with Crippen LogP contribution in [-0.2, 0) is 11.3 Å². The van der Waals surface area contributed by atoms with Gasteiger partial charge in [-0.25, -0.2) is 9.69 Å². The highest BCUT2D eigenvalue weighted by molar-refractivity contribution is 6.39. The van der Waals surface area contributed by atoms with Crippen molar-refractivity contribution >= 4 is 35.1 Å². The first kappa shape index (κ1) is 19.4. The zero-order chi connectivity index (χ0) is 21.3. The van der Waals surface area contributed by atoms with E-state index < -0.39 is 17.8 Å². The summed E-state index contributed by atoms with van der Waals surface area (Å²) in [5.74, 6) is -1.68. The lowest BCUT2D eigenvalue weighted by Gasteiger charge is -2.15. The minimum absolute atomic E-state index is 0.0141. The molecule has 0 aliphatic carbocycles. The van der Waals surface area contributed by atoms with Crippen molar-refractivity contribution in [1.29, 1.82) is 5.26 Å². The number of esters is 1. The summed E-state index contributed by atoms with van der Waals surface area (Å²) < 4.78 is 5.29. The van der Waals surface area contributed by atoms with E-state index in [1.165, 1.54) is 18.2 Å². The Morgan fingerprint density at radius 1 is 0.967 bits per heavy atom. The number of nitriles is 1. The maximum Gasteiger partial charge on any atom is 0.338 e. The molecule has 7 heteroatoms. The number of para-hydroxylation sites is 1. The fourth-order valence-electron chi connectivity index (χ4n) is 3.13. The number of amides is 2. The Morgan fingerprint density at radius 2 is 1.67 bits per heavy atom. The van der Waals surface area contributed by atoms with Gasteiger partial charge in [-0.05, 0) is 48.0 Å². The second-order valence-corrected chi connectivity index (χ2v) is 6.95. The molecule has 0 fully saturated rings. The average molecular weight is 417 g/mol. The van der Waals surface area contributed by atoms with Crippen LogP contribution in [0.4, 0.5) is 5.69 Å². The molecule has 2 amide bonds. The molecular weight excluding hydrogens is 404 g/mol. The number of imide groups is 1. The molecule has 4 rings (SSSR count). The second kappa shape index (κ2) is 7.82. The Kier molecular flexibility index (Phi) is 5.05. The lowest BCUT2D eigenvalue weighted by molar-refractivity contribution is 0.0472. The Morgan fingerprint density at radius 3 is 2.37 bits per heavy atom. The number of halogens is 1. The fraction of sp³-hybridized carbons (Fsp3) is 0.0435. The maximum atomic E-state index is 12.8. The molecular formula is C23H13ClN2O4. The minimum Gasteiger partial charge on any atom is -0.457 e. The van der Waals surface area contributed by atoms with Crippen molar-refractivity contribution in [2.24, 2.45) is 0 Å². The molecule has 1 heterocycles. The van der Waals surface area contributed by atoms with E-state index in [0.29, 0.717) is 5.56 Å². The van der Waals surface area contributed by atoms with Gasteiger partial charge in [0.25, 0.3) is 11.8 Å². The lowest BCUT2D eigenvalue weighted by atomic mass is 10.1. The number of hydrogen-bond acceptors (Lipinski definition) is 5. The van der Waals surface area contributed by atoms with Crippen LogP contribution >= 0.6 is 11.6 Å². The first-order valence-corrected chi connectivity index (χ1v) is 9.31. The van der Waals surface area contributed by atoms with Crippen molar-refractivity contribution in [3.05, 3.63) is 99.6 Å². The van der Waals surface area contributed by atoms with Gasteiger partial charge in [0, 0.05) is 0 Å². The zero-order valence-electron chi connectivity index (χ0n) is 15.5. The third-order valence-electron chi connectivity index (χ3n) is 4.67. The van der Waals surface area contributed by atoms with Crippen molar-refractivity contribution in [2.75, 3.05) is 4.90 Å². The molecule has 0 unspecified atom stereocenters.